The summed E-state index contributed by atoms with van der Waals surface area (Å²) in [6.07, 6.45) is 1.83. The Morgan fingerprint density at radius 1 is 1.10 bits per heavy atom. The van der Waals surface area contributed by atoms with Crippen molar-refractivity contribution >= 4 is 0 Å². The molecule has 0 atom stereocenters. The van der Waals surface area contributed by atoms with E-state index in [2.05, 4.69) is 9.97 Å². The fourth-order valence-corrected chi connectivity index (χ4v) is 2.29. The molecule has 0 bridgehead atoms. The Morgan fingerprint density at radius 3 is 2.30 bits per heavy atom. The van der Waals surface area contributed by atoms with Crippen LogP contribution in [0.5, 0.6) is 0 Å². The molecule has 3 nitrogen and oxygen atoms in total. The minimum atomic E-state index is -0.207. The maximum atomic E-state index is 13.3. The topological polar surface area (TPSA) is 51.8 Å². The number of hydrogen-bond donors (Lipinski definition) is 1. The zero-order chi connectivity index (χ0) is 14.7. The monoisotopic (exact) mass is 273 g/mol. The molecule has 0 aliphatic heterocycles. The van der Waals surface area contributed by atoms with Crippen LogP contribution in [0.1, 0.15) is 28.9 Å². The molecule has 2 rings (SSSR count). The van der Waals surface area contributed by atoms with Crippen LogP contribution in [0.3, 0.4) is 0 Å². The third-order valence-electron chi connectivity index (χ3n) is 3.47. The molecular formula is C16H20FN3. The summed E-state index contributed by atoms with van der Waals surface area (Å²) in [4.78, 5) is 9.11. The maximum absolute atomic E-state index is 13.3. The van der Waals surface area contributed by atoms with Crippen molar-refractivity contribution in [2.45, 2.75) is 33.6 Å². The van der Waals surface area contributed by atoms with Gasteiger partial charge >= 0.3 is 0 Å². The summed E-state index contributed by atoms with van der Waals surface area (Å²) in [6.45, 7) is 6.38. The molecule has 106 valence electrons. The van der Waals surface area contributed by atoms with Crippen LogP contribution in [0.25, 0.3) is 11.4 Å². The van der Waals surface area contributed by atoms with Gasteiger partial charge in [-0.3, -0.25) is 0 Å². The minimum absolute atomic E-state index is 0.207. The molecule has 1 heterocycles. The second-order valence-electron chi connectivity index (χ2n) is 5.05. The van der Waals surface area contributed by atoms with E-state index in [-0.39, 0.29) is 5.82 Å². The van der Waals surface area contributed by atoms with Gasteiger partial charge in [-0.1, -0.05) is 0 Å². The van der Waals surface area contributed by atoms with Crippen molar-refractivity contribution in [2.24, 2.45) is 5.73 Å². The molecule has 0 saturated carbocycles. The summed E-state index contributed by atoms with van der Waals surface area (Å²) in [5.74, 6) is 0.446. The third-order valence-corrected chi connectivity index (χ3v) is 3.47. The molecule has 0 unspecified atom stereocenters. The van der Waals surface area contributed by atoms with Gasteiger partial charge in [0.25, 0.3) is 0 Å². The van der Waals surface area contributed by atoms with Gasteiger partial charge in [-0.2, -0.15) is 0 Å². The van der Waals surface area contributed by atoms with E-state index in [1.807, 2.05) is 13.8 Å². The van der Waals surface area contributed by atoms with Crippen LogP contribution in [-0.2, 0) is 6.42 Å². The van der Waals surface area contributed by atoms with E-state index in [1.54, 1.807) is 19.1 Å². The lowest BCUT2D eigenvalue weighted by atomic mass is 10.1. The van der Waals surface area contributed by atoms with E-state index in [9.17, 15) is 4.39 Å². The standard InChI is InChI=1S/C16H20FN3/c1-10-9-13(6-7-15(10)17)16-19-11(2)14(5-4-8-18)12(3)20-16/h6-7,9H,4-5,8,18H2,1-3H3. The van der Waals surface area contributed by atoms with Crippen molar-refractivity contribution in [3.63, 3.8) is 0 Å². The quantitative estimate of drug-likeness (QED) is 0.931. The molecule has 0 amide bonds. The lowest BCUT2D eigenvalue weighted by Crippen LogP contribution is -2.06. The van der Waals surface area contributed by atoms with E-state index in [4.69, 9.17) is 5.73 Å². The zero-order valence-corrected chi connectivity index (χ0v) is 12.2. The van der Waals surface area contributed by atoms with Crippen molar-refractivity contribution < 1.29 is 4.39 Å². The Hall–Kier alpha value is -1.81. The van der Waals surface area contributed by atoms with Crippen LogP contribution in [0.15, 0.2) is 18.2 Å². The number of aromatic nitrogens is 2. The Balaban J connectivity index is 2.41. The molecule has 20 heavy (non-hydrogen) atoms. The number of aryl methyl sites for hydroxylation is 3. The van der Waals surface area contributed by atoms with Crippen molar-refractivity contribution in [2.75, 3.05) is 6.54 Å². The van der Waals surface area contributed by atoms with Crippen LogP contribution in [0, 0.1) is 26.6 Å². The average Bonchev–Trinajstić information content (AvgIpc) is 2.41. The summed E-state index contributed by atoms with van der Waals surface area (Å²) in [5.41, 5.74) is 10.1. The largest absolute Gasteiger partial charge is 0.330 e. The molecular weight excluding hydrogens is 253 g/mol. The molecule has 0 spiro atoms. The lowest BCUT2D eigenvalue weighted by Gasteiger charge is -2.11. The van der Waals surface area contributed by atoms with Crippen molar-refractivity contribution in [1.29, 1.82) is 0 Å². The number of nitrogens with zero attached hydrogens (tertiary/aromatic N) is 2. The van der Waals surface area contributed by atoms with Crippen molar-refractivity contribution in [1.82, 2.24) is 9.97 Å². The summed E-state index contributed by atoms with van der Waals surface area (Å²) < 4.78 is 13.3. The second-order valence-corrected chi connectivity index (χ2v) is 5.05. The zero-order valence-electron chi connectivity index (χ0n) is 12.2. The first-order chi connectivity index (χ1) is 9.52. The number of rotatable bonds is 4. The van der Waals surface area contributed by atoms with E-state index in [0.717, 1.165) is 35.4 Å². The van der Waals surface area contributed by atoms with E-state index in [1.165, 1.54) is 6.07 Å². The molecule has 1 aromatic heterocycles. The van der Waals surface area contributed by atoms with Gasteiger partial charge < -0.3 is 5.73 Å². The molecule has 0 aliphatic rings. The van der Waals surface area contributed by atoms with Gasteiger partial charge in [0.05, 0.1) is 0 Å². The fourth-order valence-electron chi connectivity index (χ4n) is 2.29. The van der Waals surface area contributed by atoms with Gasteiger partial charge in [-0.15, -0.1) is 0 Å². The van der Waals surface area contributed by atoms with Gasteiger partial charge in [0.1, 0.15) is 5.82 Å². The predicted molar refractivity (Wildman–Crippen MR) is 79.0 cm³/mol. The molecule has 2 N–H and O–H groups in total. The third kappa shape index (κ3) is 3.02. The van der Waals surface area contributed by atoms with Crippen LogP contribution < -0.4 is 5.73 Å². The van der Waals surface area contributed by atoms with Gasteiger partial charge in [0.15, 0.2) is 5.82 Å². The van der Waals surface area contributed by atoms with Gasteiger partial charge in [-0.05, 0) is 69.5 Å². The van der Waals surface area contributed by atoms with Gasteiger partial charge in [0, 0.05) is 17.0 Å². The van der Waals surface area contributed by atoms with Crippen LogP contribution in [-0.4, -0.2) is 16.5 Å². The van der Waals surface area contributed by atoms with Gasteiger partial charge in [0.2, 0.25) is 0 Å². The van der Waals surface area contributed by atoms with Crippen LogP contribution >= 0.6 is 0 Å². The Bertz CT molecular complexity index is 600. The molecule has 0 aliphatic carbocycles. The van der Waals surface area contributed by atoms with Crippen LogP contribution in [0.4, 0.5) is 4.39 Å². The molecule has 2 aromatic rings. The van der Waals surface area contributed by atoms with Crippen molar-refractivity contribution in [3.05, 3.63) is 46.5 Å². The van der Waals surface area contributed by atoms with Gasteiger partial charge in [-0.25, -0.2) is 14.4 Å². The summed E-state index contributed by atoms with van der Waals surface area (Å²) in [5, 5.41) is 0. The summed E-state index contributed by atoms with van der Waals surface area (Å²) in [7, 11) is 0. The second kappa shape index (κ2) is 6.09. The molecule has 4 heteroatoms. The Labute approximate surface area is 119 Å². The highest BCUT2D eigenvalue weighted by atomic mass is 19.1. The Kier molecular flexibility index (Phi) is 4.45. The lowest BCUT2D eigenvalue weighted by molar-refractivity contribution is 0.618. The number of benzene rings is 1. The first-order valence-electron chi connectivity index (χ1n) is 6.83. The first-order valence-corrected chi connectivity index (χ1v) is 6.83. The van der Waals surface area contributed by atoms with Crippen LogP contribution in [0.2, 0.25) is 0 Å². The highest BCUT2D eigenvalue weighted by molar-refractivity contribution is 5.57. The maximum Gasteiger partial charge on any atom is 0.159 e. The average molecular weight is 273 g/mol. The number of halogens is 1. The molecule has 0 fully saturated rings. The van der Waals surface area contributed by atoms with Crippen molar-refractivity contribution in [3.8, 4) is 11.4 Å². The predicted octanol–water partition coefficient (Wildman–Crippen LogP) is 3.10. The molecule has 0 saturated heterocycles. The van der Waals surface area contributed by atoms with E-state index < -0.39 is 0 Å². The molecule has 0 radical (unpaired) electrons. The number of hydrogen-bond acceptors (Lipinski definition) is 3. The normalized spacial score (nSPS) is 10.8. The summed E-state index contributed by atoms with van der Waals surface area (Å²) in [6, 6.07) is 4.96. The highest BCUT2D eigenvalue weighted by Gasteiger charge is 2.10. The minimum Gasteiger partial charge on any atom is -0.330 e. The fraction of sp³-hybridized carbons (Fsp3) is 0.375. The van der Waals surface area contributed by atoms with E-state index in [0.29, 0.717) is 17.9 Å². The molecule has 1 aromatic carbocycles. The van der Waals surface area contributed by atoms with E-state index >= 15 is 0 Å². The highest BCUT2D eigenvalue weighted by Crippen LogP contribution is 2.21. The smallest absolute Gasteiger partial charge is 0.159 e. The number of nitrogens with two attached hydrogens (primary N) is 1. The first kappa shape index (κ1) is 14.6. The Morgan fingerprint density at radius 2 is 1.75 bits per heavy atom. The SMILES string of the molecule is Cc1cc(-c2nc(C)c(CCCN)c(C)n2)ccc1F. The summed E-state index contributed by atoms with van der Waals surface area (Å²) >= 11 is 0.